The predicted octanol–water partition coefficient (Wildman–Crippen LogP) is 5.95. The lowest BCUT2D eigenvalue weighted by atomic mass is 9.80. The number of para-hydroxylation sites is 2. The van der Waals surface area contributed by atoms with Gasteiger partial charge in [-0.1, -0.05) is 50.2 Å². The normalized spacial score (nSPS) is 21.3. The maximum atomic E-state index is 2.36. The van der Waals surface area contributed by atoms with Crippen LogP contribution >= 0.6 is 0 Å². The second-order valence-electron chi connectivity index (χ2n) is 9.21. The number of hydrogen-bond donors (Lipinski definition) is 0. The Labute approximate surface area is 169 Å². The van der Waals surface area contributed by atoms with Gasteiger partial charge in [0.1, 0.15) is 7.05 Å². The summed E-state index contributed by atoms with van der Waals surface area (Å²) in [6.07, 6.45) is 4.72. The summed E-state index contributed by atoms with van der Waals surface area (Å²) >= 11 is 0. The molecule has 0 fully saturated rings. The molecule has 0 amide bonds. The van der Waals surface area contributed by atoms with E-state index in [1.54, 1.807) is 0 Å². The summed E-state index contributed by atoms with van der Waals surface area (Å²) in [5.41, 5.74) is 9.40. The Balaban J connectivity index is 1.77. The Hall–Kier alpha value is -2.61. The topological polar surface area (TPSA) is 6.25 Å². The van der Waals surface area contributed by atoms with E-state index < -0.39 is 0 Å². The predicted molar refractivity (Wildman–Crippen MR) is 120 cm³/mol. The molecule has 2 heteroatoms. The van der Waals surface area contributed by atoms with Gasteiger partial charge in [0.25, 0.3) is 0 Å². The zero-order valence-corrected chi connectivity index (χ0v) is 18.2. The summed E-state index contributed by atoms with van der Waals surface area (Å²) in [7, 11) is 4.36. The molecule has 0 radical (unpaired) electrons. The Morgan fingerprint density at radius 1 is 0.893 bits per heavy atom. The van der Waals surface area contributed by atoms with Gasteiger partial charge in [0.05, 0.1) is 5.41 Å². The molecule has 0 N–H and O–H groups in total. The van der Waals surface area contributed by atoms with Crippen molar-refractivity contribution in [2.75, 3.05) is 19.0 Å². The van der Waals surface area contributed by atoms with Gasteiger partial charge < -0.3 is 4.90 Å². The second kappa shape index (κ2) is 6.20. The standard InChI is InChI=1S/C26H31N2/c1-18(16-23-25(2,3)19-12-8-10-14-21(19)27(23)6)17-24-26(4,5)20-13-9-11-15-22(20)28(24)7/h8-17H,1-7H3/q+1. The first-order valence-corrected chi connectivity index (χ1v) is 10.1. The molecule has 2 nitrogen and oxygen atoms in total. The van der Waals surface area contributed by atoms with Crippen LogP contribution in [0.1, 0.15) is 45.7 Å². The number of hydrogen-bond acceptors (Lipinski definition) is 1. The van der Waals surface area contributed by atoms with Gasteiger partial charge in [-0.3, -0.25) is 0 Å². The Bertz CT molecular complexity index is 1050. The van der Waals surface area contributed by atoms with Crippen molar-refractivity contribution in [3.8, 4) is 0 Å². The third-order valence-electron chi connectivity index (χ3n) is 6.61. The van der Waals surface area contributed by atoms with Gasteiger partial charge in [-0.05, 0) is 44.1 Å². The minimum absolute atomic E-state index is 0.00513. The molecule has 2 aliphatic heterocycles. The van der Waals surface area contributed by atoms with Crippen LogP contribution in [-0.4, -0.2) is 24.4 Å². The summed E-state index contributed by atoms with van der Waals surface area (Å²) in [6, 6.07) is 17.5. The fourth-order valence-corrected chi connectivity index (χ4v) is 4.99. The average molecular weight is 372 g/mol. The first-order valence-electron chi connectivity index (χ1n) is 10.1. The van der Waals surface area contributed by atoms with E-state index in [0.717, 1.165) is 0 Å². The summed E-state index contributed by atoms with van der Waals surface area (Å²) < 4.78 is 2.34. The van der Waals surface area contributed by atoms with Crippen LogP contribution in [0.2, 0.25) is 0 Å². The number of nitrogens with zero attached hydrogens (tertiary/aromatic N) is 2. The highest BCUT2D eigenvalue weighted by Gasteiger charge is 2.43. The molecule has 2 aromatic rings. The van der Waals surface area contributed by atoms with Crippen molar-refractivity contribution in [2.24, 2.45) is 0 Å². The number of anilines is 1. The van der Waals surface area contributed by atoms with Crippen molar-refractivity contribution in [3.63, 3.8) is 0 Å². The van der Waals surface area contributed by atoms with E-state index in [9.17, 15) is 0 Å². The smallest absolute Gasteiger partial charge is 0.209 e. The van der Waals surface area contributed by atoms with Crippen LogP contribution in [0, 0.1) is 0 Å². The molecule has 28 heavy (non-hydrogen) atoms. The molecular formula is C26H31N2+. The van der Waals surface area contributed by atoms with Gasteiger partial charge in [-0.25, -0.2) is 0 Å². The molecule has 0 aliphatic carbocycles. The van der Waals surface area contributed by atoms with E-state index in [2.05, 4.69) is 119 Å². The molecule has 0 bridgehead atoms. The third kappa shape index (κ3) is 2.58. The summed E-state index contributed by atoms with van der Waals surface area (Å²) in [5.74, 6) is 0. The van der Waals surface area contributed by atoms with Crippen molar-refractivity contribution in [1.29, 1.82) is 0 Å². The van der Waals surface area contributed by atoms with Gasteiger partial charge in [0.15, 0.2) is 5.71 Å². The van der Waals surface area contributed by atoms with E-state index >= 15 is 0 Å². The molecular weight excluding hydrogens is 340 g/mol. The minimum Gasteiger partial charge on any atom is -0.347 e. The van der Waals surface area contributed by atoms with Crippen LogP contribution in [0.15, 0.2) is 72.0 Å². The highest BCUT2D eigenvalue weighted by atomic mass is 15.2. The third-order valence-corrected chi connectivity index (χ3v) is 6.61. The van der Waals surface area contributed by atoms with Gasteiger partial charge in [0, 0.05) is 41.6 Å². The molecule has 2 aliphatic rings. The Morgan fingerprint density at radius 2 is 1.50 bits per heavy atom. The zero-order valence-electron chi connectivity index (χ0n) is 18.2. The van der Waals surface area contributed by atoms with E-state index in [1.165, 1.54) is 39.5 Å². The second-order valence-corrected chi connectivity index (χ2v) is 9.21. The maximum Gasteiger partial charge on any atom is 0.209 e. The Morgan fingerprint density at radius 3 is 2.14 bits per heavy atom. The molecule has 0 saturated heterocycles. The molecule has 4 rings (SSSR count). The number of likely N-dealkylation sites (N-methyl/N-ethyl adjacent to an activating group) is 1. The van der Waals surface area contributed by atoms with Gasteiger partial charge >= 0.3 is 0 Å². The first kappa shape index (κ1) is 18.7. The summed E-state index contributed by atoms with van der Waals surface area (Å²) in [4.78, 5) is 2.34. The Kier molecular flexibility index (Phi) is 4.15. The van der Waals surface area contributed by atoms with Crippen molar-refractivity contribution in [3.05, 3.63) is 83.1 Å². The van der Waals surface area contributed by atoms with Crippen LogP contribution < -0.4 is 4.90 Å². The van der Waals surface area contributed by atoms with E-state index in [-0.39, 0.29) is 10.8 Å². The van der Waals surface area contributed by atoms with Crippen LogP contribution in [0.5, 0.6) is 0 Å². The average Bonchev–Trinajstić information content (AvgIpc) is 2.98. The summed E-state index contributed by atoms with van der Waals surface area (Å²) in [6.45, 7) is 11.5. The highest BCUT2D eigenvalue weighted by Crippen LogP contribution is 2.47. The van der Waals surface area contributed by atoms with Crippen LogP contribution in [-0.2, 0) is 10.8 Å². The molecule has 144 valence electrons. The van der Waals surface area contributed by atoms with Crippen molar-refractivity contribution in [2.45, 2.75) is 45.4 Å². The largest absolute Gasteiger partial charge is 0.347 e. The maximum absolute atomic E-state index is 2.36. The van der Waals surface area contributed by atoms with Crippen molar-refractivity contribution in [1.82, 2.24) is 0 Å². The SMILES string of the molecule is CC(=CC1=[N+](C)c2ccccc2C1(C)C)C=C1N(C)c2ccccc2C1(C)C. The monoisotopic (exact) mass is 371 g/mol. The highest BCUT2D eigenvalue weighted by molar-refractivity contribution is 6.03. The molecule has 0 atom stereocenters. The fourth-order valence-electron chi connectivity index (χ4n) is 4.99. The molecule has 0 unspecified atom stereocenters. The minimum atomic E-state index is 0.00513. The fraction of sp³-hybridized carbons (Fsp3) is 0.346. The van der Waals surface area contributed by atoms with Crippen molar-refractivity contribution >= 4 is 17.1 Å². The lowest BCUT2D eigenvalue weighted by molar-refractivity contribution is -0.401. The lowest BCUT2D eigenvalue weighted by Gasteiger charge is -2.24. The van der Waals surface area contributed by atoms with Gasteiger partial charge in [-0.15, -0.1) is 0 Å². The van der Waals surface area contributed by atoms with Crippen molar-refractivity contribution < 1.29 is 4.58 Å². The van der Waals surface area contributed by atoms with E-state index in [4.69, 9.17) is 0 Å². The quantitative estimate of drug-likeness (QED) is 0.591. The molecule has 2 aromatic carbocycles. The first-order chi connectivity index (χ1) is 13.2. The number of rotatable bonds is 2. The molecule has 0 aromatic heterocycles. The number of benzene rings is 2. The van der Waals surface area contributed by atoms with Gasteiger partial charge in [0.2, 0.25) is 5.69 Å². The zero-order chi connectivity index (χ0) is 20.3. The van der Waals surface area contributed by atoms with E-state index in [0.29, 0.717) is 0 Å². The van der Waals surface area contributed by atoms with Crippen LogP contribution in [0.25, 0.3) is 0 Å². The van der Waals surface area contributed by atoms with Crippen LogP contribution in [0.3, 0.4) is 0 Å². The molecule has 0 spiro atoms. The van der Waals surface area contributed by atoms with E-state index in [1.807, 2.05) is 0 Å². The summed E-state index contributed by atoms with van der Waals surface area (Å²) in [5, 5.41) is 0. The lowest BCUT2D eigenvalue weighted by Crippen LogP contribution is -2.27. The number of allylic oxidation sites excluding steroid dienone is 4. The molecule has 0 saturated carbocycles. The number of fused-ring (bicyclic) bond motifs is 2. The molecule has 2 heterocycles. The van der Waals surface area contributed by atoms with Gasteiger partial charge in [-0.2, -0.15) is 4.58 Å². The van der Waals surface area contributed by atoms with Crippen LogP contribution in [0.4, 0.5) is 11.4 Å².